The van der Waals surface area contributed by atoms with Crippen LogP contribution in [0.1, 0.15) is 15.9 Å². The Hall–Kier alpha value is -0.890. The number of nitrogens with zero attached hydrogens (tertiary/aromatic N) is 3. The average Bonchev–Trinajstić information content (AvgIpc) is 2.77. The second kappa shape index (κ2) is 6.04. The second-order valence-electron chi connectivity index (χ2n) is 4.31. The van der Waals surface area contributed by atoms with E-state index in [1.807, 2.05) is 31.4 Å². The smallest absolute Gasteiger partial charge is 0.255 e. The summed E-state index contributed by atoms with van der Waals surface area (Å²) in [4.78, 5) is 14.1. The molecular formula is C13H13BrIN3O. The fourth-order valence-corrected chi connectivity index (χ4v) is 2.69. The highest BCUT2D eigenvalue weighted by molar-refractivity contribution is 14.1. The highest BCUT2D eigenvalue weighted by Gasteiger charge is 2.16. The molecule has 0 bridgehead atoms. The van der Waals surface area contributed by atoms with Gasteiger partial charge in [0.1, 0.15) is 0 Å². The number of hydrogen-bond acceptors (Lipinski definition) is 2. The van der Waals surface area contributed by atoms with E-state index in [9.17, 15) is 4.79 Å². The first-order valence-corrected chi connectivity index (χ1v) is 7.52. The Bertz CT molecular complexity index is 612. The Morgan fingerprint density at radius 3 is 2.89 bits per heavy atom. The van der Waals surface area contributed by atoms with Gasteiger partial charge in [-0.25, -0.2) is 0 Å². The van der Waals surface area contributed by atoms with E-state index >= 15 is 0 Å². The Kier molecular flexibility index (Phi) is 4.62. The van der Waals surface area contributed by atoms with Crippen molar-refractivity contribution in [3.63, 3.8) is 0 Å². The molecule has 2 aromatic rings. The van der Waals surface area contributed by atoms with Crippen LogP contribution in [0.5, 0.6) is 0 Å². The molecule has 1 aromatic carbocycles. The van der Waals surface area contributed by atoms with Crippen LogP contribution in [0.15, 0.2) is 35.1 Å². The van der Waals surface area contributed by atoms with E-state index in [2.05, 4.69) is 43.6 Å². The van der Waals surface area contributed by atoms with Crippen LogP contribution >= 0.6 is 38.5 Å². The van der Waals surface area contributed by atoms with E-state index in [0.717, 1.165) is 13.6 Å². The summed E-state index contributed by atoms with van der Waals surface area (Å²) in [5.74, 6) is 0.00885. The standard InChI is InChI=1S/C13H13BrIN3O/c1-17(7-9-6-16-18(2)8-9)13(19)11-5-10(14)3-4-12(11)15/h3-6,8H,7H2,1-2H3. The molecule has 0 saturated heterocycles. The number of carbonyl (C=O) groups is 1. The number of amides is 1. The zero-order chi connectivity index (χ0) is 14.0. The van der Waals surface area contributed by atoms with Gasteiger partial charge in [0.15, 0.2) is 0 Å². The van der Waals surface area contributed by atoms with Gasteiger partial charge in [0, 0.05) is 40.4 Å². The van der Waals surface area contributed by atoms with E-state index in [4.69, 9.17) is 0 Å². The monoisotopic (exact) mass is 433 g/mol. The van der Waals surface area contributed by atoms with Gasteiger partial charge in [-0.3, -0.25) is 9.48 Å². The lowest BCUT2D eigenvalue weighted by Gasteiger charge is -2.17. The fourth-order valence-electron chi connectivity index (χ4n) is 1.77. The number of aromatic nitrogens is 2. The SMILES string of the molecule is CN(Cc1cnn(C)c1)C(=O)c1cc(Br)ccc1I. The van der Waals surface area contributed by atoms with Gasteiger partial charge in [0.2, 0.25) is 0 Å². The lowest BCUT2D eigenvalue weighted by atomic mass is 10.2. The Morgan fingerprint density at radius 1 is 1.53 bits per heavy atom. The lowest BCUT2D eigenvalue weighted by molar-refractivity contribution is 0.0784. The molecule has 100 valence electrons. The topological polar surface area (TPSA) is 38.1 Å². The van der Waals surface area contributed by atoms with Crippen molar-refractivity contribution in [3.8, 4) is 0 Å². The molecule has 1 amide bonds. The van der Waals surface area contributed by atoms with Gasteiger partial charge < -0.3 is 4.90 Å². The molecule has 0 aliphatic heterocycles. The third-order valence-corrected chi connectivity index (χ3v) is 4.12. The maximum absolute atomic E-state index is 12.4. The molecule has 6 heteroatoms. The number of rotatable bonds is 3. The van der Waals surface area contributed by atoms with Crippen LogP contribution in [-0.4, -0.2) is 27.6 Å². The summed E-state index contributed by atoms with van der Waals surface area (Å²) in [6.45, 7) is 0.551. The van der Waals surface area contributed by atoms with Crippen molar-refractivity contribution in [1.29, 1.82) is 0 Å². The van der Waals surface area contributed by atoms with Crippen LogP contribution in [0.2, 0.25) is 0 Å². The van der Waals surface area contributed by atoms with E-state index in [0.29, 0.717) is 12.1 Å². The number of hydrogen-bond donors (Lipinski definition) is 0. The molecule has 0 radical (unpaired) electrons. The summed E-state index contributed by atoms with van der Waals surface area (Å²) in [7, 11) is 3.66. The summed E-state index contributed by atoms with van der Waals surface area (Å²) in [6, 6.07) is 5.71. The van der Waals surface area contributed by atoms with Gasteiger partial charge in [-0.1, -0.05) is 15.9 Å². The molecule has 1 aromatic heterocycles. The summed E-state index contributed by atoms with van der Waals surface area (Å²) in [5, 5.41) is 4.10. The van der Waals surface area contributed by atoms with Crippen LogP contribution in [0.3, 0.4) is 0 Å². The molecule has 1 heterocycles. The Morgan fingerprint density at radius 2 is 2.26 bits per heavy atom. The number of aryl methyl sites for hydroxylation is 1. The fraction of sp³-hybridized carbons (Fsp3) is 0.231. The average molecular weight is 434 g/mol. The summed E-state index contributed by atoms with van der Waals surface area (Å²) < 4.78 is 3.59. The molecule has 19 heavy (non-hydrogen) atoms. The minimum atomic E-state index is 0.00885. The number of halogens is 2. The van der Waals surface area contributed by atoms with Crippen molar-refractivity contribution in [2.75, 3.05) is 7.05 Å². The zero-order valence-corrected chi connectivity index (χ0v) is 14.3. The second-order valence-corrected chi connectivity index (χ2v) is 6.39. The summed E-state index contributed by atoms with van der Waals surface area (Å²) in [5.41, 5.74) is 1.73. The first kappa shape index (κ1) is 14.5. The number of carbonyl (C=O) groups excluding carboxylic acids is 1. The lowest BCUT2D eigenvalue weighted by Crippen LogP contribution is -2.26. The minimum absolute atomic E-state index is 0.00885. The van der Waals surface area contributed by atoms with Crippen molar-refractivity contribution in [1.82, 2.24) is 14.7 Å². The van der Waals surface area contributed by atoms with Crippen LogP contribution in [-0.2, 0) is 13.6 Å². The molecule has 4 nitrogen and oxygen atoms in total. The van der Waals surface area contributed by atoms with Gasteiger partial charge >= 0.3 is 0 Å². The van der Waals surface area contributed by atoms with Gasteiger partial charge in [0.25, 0.3) is 5.91 Å². The first-order chi connectivity index (χ1) is 8.97. The van der Waals surface area contributed by atoms with Gasteiger partial charge in [0.05, 0.1) is 11.8 Å². The van der Waals surface area contributed by atoms with Crippen molar-refractivity contribution >= 4 is 44.4 Å². The molecule has 0 fully saturated rings. The van der Waals surface area contributed by atoms with Gasteiger partial charge in [-0.05, 0) is 40.8 Å². The van der Waals surface area contributed by atoms with E-state index < -0.39 is 0 Å². The Labute approximate surface area is 134 Å². The molecule has 0 unspecified atom stereocenters. The van der Waals surface area contributed by atoms with E-state index in [1.165, 1.54) is 0 Å². The highest BCUT2D eigenvalue weighted by atomic mass is 127. The molecule has 0 saturated carbocycles. The molecule has 0 aliphatic carbocycles. The van der Waals surface area contributed by atoms with Crippen LogP contribution in [0, 0.1) is 3.57 Å². The third kappa shape index (κ3) is 3.56. The van der Waals surface area contributed by atoms with E-state index in [1.54, 1.807) is 22.8 Å². The summed E-state index contributed by atoms with van der Waals surface area (Å²) >= 11 is 5.57. The highest BCUT2D eigenvalue weighted by Crippen LogP contribution is 2.20. The molecule has 0 aliphatic rings. The third-order valence-electron chi connectivity index (χ3n) is 2.68. The maximum atomic E-state index is 12.4. The molecular weight excluding hydrogens is 421 g/mol. The predicted molar refractivity (Wildman–Crippen MR) is 85.9 cm³/mol. The van der Waals surface area contributed by atoms with Crippen molar-refractivity contribution in [2.45, 2.75) is 6.54 Å². The van der Waals surface area contributed by atoms with Crippen LogP contribution in [0.25, 0.3) is 0 Å². The molecule has 0 spiro atoms. The van der Waals surface area contributed by atoms with Crippen molar-refractivity contribution in [2.24, 2.45) is 7.05 Å². The normalized spacial score (nSPS) is 10.5. The minimum Gasteiger partial charge on any atom is -0.337 e. The number of benzene rings is 1. The van der Waals surface area contributed by atoms with E-state index in [-0.39, 0.29) is 5.91 Å². The summed E-state index contributed by atoms with van der Waals surface area (Å²) in [6.07, 6.45) is 3.69. The first-order valence-electron chi connectivity index (χ1n) is 5.65. The van der Waals surface area contributed by atoms with Crippen LogP contribution in [0.4, 0.5) is 0 Å². The Balaban J connectivity index is 2.16. The largest absolute Gasteiger partial charge is 0.337 e. The molecule has 2 rings (SSSR count). The quantitative estimate of drug-likeness (QED) is 0.697. The maximum Gasteiger partial charge on any atom is 0.255 e. The molecule has 0 N–H and O–H groups in total. The predicted octanol–water partition coefficient (Wildman–Crippen LogP) is 3.06. The van der Waals surface area contributed by atoms with Crippen molar-refractivity contribution < 1.29 is 4.79 Å². The zero-order valence-electron chi connectivity index (χ0n) is 10.6. The van der Waals surface area contributed by atoms with Gasteiger partial charge in [-0.15, -0.1) is 0 Å². The van der Waals surface area contributed by atoms with Crippen LogP contribution < -0.4 is 0 Å². The van der Waals surface area contributed by atoms with Gasteiger partial charge in [-0.2, -0.15) is 5.10 Å². The molecule has 0 atom stereocenters. The van der Waals surface area contributed by atoms with Crippen molar-refractivity contribution in [3.05, 3.63) is 49.8 Å².